The number of rotatable bonds is 2. The lowest BCUT2D eigenvalue weighted by molar-refractivity contribution is -0.385. The number of hydrogen-bond acceptors (Lipinski definition) is 4. The monoisotopic (exact) mass is 223 g/mol. The van der Waals surface area contributed by atoms with Crippen molar-refractivity contribution in [2.45, 2.75) is 27.7 Å². The van der Waals surface area contributed by atoms with Crippen LogP contribution < -0.4 is 4.74 Å². The summed E-state index contributed by atoms with van der Waals surface area (Å²) >= 11 is 0. The molecule has 1 aromatic rings. The Balaban J connectivity index is 3.39. The zero-order valence-corrected chi connectivity index (χ0v) is 9.66. The van der Waals surface area contributed by atoms with E-state index in [1.54, 1.807) is 20.8 Å². The first-order chi connectivity index (χ1) is 7.34. The van der Waals surface area contributed by atoms with E-state index in [0.717, 1.165) is 0 Å². The Kier molecular flexibility index (Phi) is 3.27. The zero-order chi connectivity index (χ0) is 12.5. The van der Waals surface area contributed by atoms with Crippen LogP contribution in [0.5, 0.6) is 5.75 Å². The van der Waals surface area contributed by atoms with Crippen LogP contribution >= 0.6 is 0 Å². The van der Waals surface area contributed by atoms with Crippen molar-refractivity contribution < 1.29 is 14.5 Å². The summed E-state index contributed by atoms with van der Waals surface area (Å²) < 4.78 is 5.03. The maximum absolute atomic E-state index is 10.9. The Bertz CT molecular complexity index is 466. The number of ether oxygens (including phenoxy) is 1. The molecular weight excluding hydrogens is 210 g/mol. The molecule has 0 atom stereocenters. The molecule has 86 valence electrons. The highest BCUT2D eigenvalue weighted by atomic mass is 16.6. The standard InChI is InChI=1S/C11H13NO4/c1-6-5-10(12(14)15)7(2)8(3)11(6)16-9(4)13/h5H,1-4H3. The van der Waals surface area contributed by atoms with Gasteiger partial charge in [-0.05, 0) is 26.3 Å². The first-order valence-corrected chi connectivity index (χ1v) is 4.78. The third-order valence-electron chi connectivity index (χ3n) is 2.44. The fourth-order valence-corrected chi connectivity index (χ4v) is 1.53. The Labute approximate surface area is 93.2 Å². The van der Waals surface area contributed by atoms with Gasteiger partial charge in [-0.2, -0.15) is 0 Å². The first kappa shape index (κ1) is 12.2. The second kappa shape index (κ2) is 4.30. The van der Waals surface area contributed by atoms with Crippen molar-refractivity contribution in [1.82, 2.24) is 0 Å². The first-order valence-electron chi connectivity index (χ1n) is 4.78. The molecular formula is C11H13NO4. The Morgan fingerprint density at radius 2 is 1.88 bits per heavy atom. The Hall–Kier alpha value is -1.91. The zero-order valence-electron chi connectivity index (χ0n) is 9.66. The van der Waals surface area contributed by atoms with Gasteiger partial charge in [-0.1, -0.05) is 0 Å². The molecule has 5 heteroatoms. The molecule has 0 aromatic heterocycles. The van der Waals surface area contributed by atoms with Gasteiger partial charge < -0.3 is 4.74 Å². The van der Waals surface area contributed by atoms with Crippen LogP contribution in [0.15, 0.2) is 6.07 Å². The molecule has 0 radical (unpaired) electrons. The van der Waals surface area contributed by atoms with Crippen molar-refractivity contribution in [3.63, 3.8) is 0 Å². The summed E-state index contributed by atoms with van der Waals surface area (Å²) in [5.74, 6) is -0.0185. The van der Waals surface area contributed by atoms with Crippen molar-refractivity contribution in [2.75, 3.05) is 0 Å². The minimum Gasteiger partial charge on any atom is -0.426 e. The van der Waals surface area contributed by atoms with Crippen LogP contribution in [0.4, 0.5) is 5.69 Å². The lowest BCUT2D eigenvalue weighted by Gasteiger charge is -2.11. The van der Waals surface area contributed by atoms with Crippen LogP contribution in [0.2, 0.25) is 0 Å². The summed E-state index contributed by atoms with van der Waals surface area (Å²) in [7, 11) is 0. The minimum atomic E-state index is -0.438. The van der Waals surface area contributed by atoms with E-state index in [2.05, 4.69) is 0 Å². The van der Waals surface area contributed by atoms with Crippen molar-refractivity contribution in [3.8, 4) is 5.75 Å². The van der Waals surface area contributed by atoms with Gasteiger partial charge in [-0.3, -0.25) is 14.9 Å². The second-order valence-corrected chi connectivity index (χ2v) is 3.64. The van der Waals surface area contributed by atoms with Gasteiger partial charge in [0.1, 0.15) is 5.75 Å². The largest absolute Gasteiger partial charge is 0.426 e. The molecule has 0 aliphatic carbocycles. The number of carbonyl (C=O) groups is 1. The molecule has 0 aliphatic rings. The molecule has 0 heterocycles. The highest BCUT2D eigenvalue weighted by Gasteiger charge is 2.19. The maximum Gasteiger partial charge on any atom is 0.308 e. The van der Waals surface area contributed by atoms with E-state index in [0.29, 0.717) is 22.4 Å². The Morgan fingerprint density at radius 3 is 2.31 bits per heavy atom. The number of aryl methyl sites for hydroxylation is 1. The molecule has 16 heavy (non-hydrogen) atoms. The number of nitro groups is 1. The molecule has 0 spiro atoms. The average molecular weight is 223 g/mol. The summed E-state index contributed by atoms with van der Waals surface area (Å²) in [5.41, 5.74) is 1.78. The molecule has 0 fully saturated rings. The summed E-state index contributed by atoms with van der Waals surface area (Å²) in [5, 5.41) is 10.8. The van der Waals surface area contributed by atoms with E-state index in [9.17, 15) is 14.9 Å². The summed E-state index contributed by atoms with van der Waals surface area (Å²) in [6, 6.07) is 1.42. The van der Waals surface area contributed by atoms with E-state index in [4.69, 9.17) is 4.74 Å². The highest BCUT2D eigenvalue weighted by molar-refractivity contribution is 5.71. The van der Waals surface area contributed by atoms with Crippen LogP contribution in [0.3, 0.4) is 0 Å². The third kappa shape index (κ3) is 2.18. The fraction of sp³-hybridized carbons (Fsp3) is 0.364. The number of nitro benzene ring substituents is 1. The molecule has 1 aromatic carbocycles. The van der Waals surface area contributed by atoms with Gasteiger partial charge in [0.2, 0.25) is 0 Å². The van der Waals surface area contributed by atoms with Crippen LogP contribution in [-0.4, -0.2) is 10.9 Å². The minimum absolute atomic E-state index is 0.0471. The van der Waals surface area contributed by atoms with Crippen LogP contribution in [-0.2, 0) is 4.79 Å². The third-order valence-corrected chi connectivity index (χ3v) is 2.44. The molecule has 1 rings (SSSR count). The molecule has 0 aliphatic heterocycles. The van der Waals surface area contributed by atoms with Crippen LogP contribution in [0, 0.1) is 30.9 Å². The molecule has 0 unspecified atom stereocenters. The second-order valence-electron chi connectivity index (χ2n) is 3.64. The van der Waals surface area contributed by atoms with Crippen molar-refractivity contribution >= 4 is 11.7 Å². The summed E-state index contributed by atoms with van der Waals surface area (Å²) in [4.78, 5) is 21.2. The van der Waals surface area contributed by atoms with E-state index in [1.807, 2.05) is 0 Å². The predicted octanol–water partition coefficient (Wildman–Crippen LogP) is 2.45. The molecule has 0 amide bonds. The van der Waals surface area contributed by atoms with Gasteiger partial charge in [0.05, 0.1) is 4.92 Å². The van der Waals surface area contributed by atoms with Gasteiger partial charge in [-0.25, -0.2) is 0 Å². The molecule has 0 N–H and O–H groups in total. The number of hydrogen-bond donors (Lipinski definition) is 0. The van der Waals surface area contributed by atoms with E-state index in [-0.39, 0.29) is 5.69 Å². The van der Waals surface area contributed by atoms with Crippen molar-refractivity contribution in [1.29, 1.82) is 0 Å². The smallest absolute Gasteiger partial charge is 0.308 e. The Morgan fingerprint density at radius 1 is 1.31 bits per heavy atom. The average Bonchev–Trinajstić information content (AvgIpc) is 2.17. The quantitative estimate of drug-likeness (QED) is 0.334. The van der Waals surface area contributed by atoms with E-state index in [1.165, 1.54) is 13.0 Å². The normalized spacial score (nSPS) is 10.0. The lowest BCUT2D eigenvalue weighted by Crippen LogP contribution is -2.06. The molecule has 0 saturated heterocycles. The van der Waals surface area contributed by atoms with Crippen molar-refractivity contribution in [2.24, 2.45) is 0 Å². The molecule has 0 saturated carbocycles. The van der Waals surface area contributed by atoms with Crippen LogP contribution in [0.25, 0.3) is 0 Å². The predicted molar refractivity (Wildman–Crippen MR) is 58.6 cm³/mol. The van der Waals surface area contributed by atoms with Gasteiger partial charge in [0.25, 0.3) is 5.69 Å². The number of nitrogens with zero attached hydrogens (tertiary/aromatic N) is 1. The van der Waals surface area contributed by atoms with Crippen molar-refractivity contribution in [3.05, 3.63) is 32.9 Å². The topological polar surface area (TPSA) is 69.4 Å². The van der Waals surface area contributed by atoms with E-state index < -0.39 is 10.9 Å². The molecule has 0 bridgehead atoms. The van der Waals surface area contributed by atoms with Crippen LogP contribution in [0.1, 0.15) is 23.6 Å². The summed E-state index contributed by atoms with van der Waals surface area (Å²) in [6.45, 7) is 6.32. The van der Waals surface area contributed by atoms with Gasteiger partial charge in [0, 0.05) is 24.1 Å². The van der Waals surface area contributed by atoms with Gasteiger partial charge in [0.15, 0.2) is 0 Å². The highest BCUT2D eigenvalue weighted by Crippen LogP contribution is 2.32. The molecule has 5 nitrogen and oxygen atoms in total. The van der Waals surface area contributed by atoms with Gasteiger partial charge in [-0.15, -0.1) is 0 Å². The maximum atomic E-state index is 10.9. The lowest BCUT2D eigenvalue weighted by atomic mass is 10.0. The number of carbonyl (C=O) groups excluding carboxylic acids is 1. The SMILES string of the molecule is CC(=O)Oc1c(C)cc([N+](=O)[O-])c(C)c1C. The number of esters is 1. The van der Waals surface area contributed by atoms with Gasteiger partial charge >= 0.3 is 5.97 Å². The number of benzene rings is 1. The fourth-order valence-electron chi connectivity index (χ4n) is 1.53. The summed E-state index contributed by atoms with van der Waals surface area (Å²) in [6.07, 6.45) is 0. The van der Waals surface area contributed by atoms with E-state index >= 15 is 0 Å².